The molecule has 0 unspecified atom stereocenters. The van der Waals surface area contributed by atoms with Crippen LogP contribution in [-0.2, 0) is 0 Å². The highest BCUT2D eigenvalue weighted by atomic mass is 15.7. The molecule has 0 heterocycles. The van der Waals surface area contributed by atoms with Gasteiger partial charge in [-0.25, -0.2) is 5.43 Å². The Morgan fingerprint density at radius 1 is 1.11 bits per heavy atom. The number of hydrogen-bond acceptors (Lipinski definition) is 4. The first kappa shape index (κ1) is 13.3. The van der Waals surface area contributed by atoms with Crippen LogP contribution >= 0.6 is 0 Å². The molecule has 0 amide bonds. The van der Waals surface area contributed by atoms with Gasteiger partial charge in [0.15, 0.2) is 0 Å². The van der Waals surface area contributed by atoms with E-state index in [9.17, 15) is 0 Å². The molecule has 1 aliphatic carbocycles. The van der Waals surface area contributed by atoms with E-state index in [-0.39, 0.29) is 0 Å². The van der Waals surface area contributed by atoms with Crippen LogP contribution in [0, 0.1) is 0 Å². The lowest BCUT2D eigenvalue weighted by Gasteiger charge is -2.31. The van der Waals surface area contributed by atoms with Crippen molar-refractivity contribution in [1.82, 2.24) is 10.5 Å². The number of benzene rings is 1. The van der Waals surface area contributed by atoms with Crippen LogP contribution in [0.25, 0.3) is 0 Å². The monoisotopic (exact) mass is 248 g/mol. The largest absolute Gasteiger partial charge is 0.329 e. The summed E-state index contributed by atoms with van der Waals surface area (Å²) >= 11 is 0. The molecule has 100 valence electrons. The molecule has 0 aliphatic heterocycles. The maximum atomic E-state index is 5.67. The third-order valence-electron chi connectivity index (χ3n) is 3.33. The summed E-state index contributed by atoms with van der Waals surface area (Å²) < 4.78 is 0. The van der Waals surface area contributed by atoms with Crippen molar-refractivity contribution in [2.45, 2.75) is 38.1 Å². The van der Waals surface area contributed by atoms with Gasteiger partial charge in [-0.1, -0.05) is 37.5 Å². The van der Waals surface area contributed by atoms with E-state index >= 15 is 0 Å². The maximum absolute atomic E-state index is 5.67. The van der Waals surface area contributed by atoms with Crippen LogP contribution in [0.2, 0.25) is 0 Å². The van der Waals surface area contributed by atoms with Crippen LogP contribution in [-0.4, -0.2) is 24.2 Å². The van der Waals surface area contributed by atoms with Gasteiger partial charge < -0.3 is 11.2 Å². The van der Waals surface area contributed by atoms with Gasteiger partial charge in [0.1, 0.15) is 0 Å². The van der Waals surface area contributed by atoms with Crippen molar-refractivity contribution in [2.75, 3.05) is 18.5 Å². The summed E-state index contributed by atoms with van der Waals surface area (Å²) in [5.74, 6) is 0. The Bertz CT molecular complexity index is 322. The fourth-order valence-corrected chi connectivity index (χ4v) is 2.40. The Balaban J connectivity index is 1.86. The summed E-state index contributed by atoms with van der Waals surface area (Å²) in [6, 6.07) is 10.8. The minimum atomic E-state index is 0.585. The van der Waals surface area contributed by atoms with Crippen LogP contribution < -0.4 is 16.6 Å². The Hall–Kier alpha value is -1.10. The molecule has 1 saturated carbocycles. The highest BCUT2D eigenvalue weighted by Crippen LogP contribution is 2.17. The average molecular weight is 248 g/mol. The average Bonchev–Trinajstić information content (AvgIpc) is 2.41. The van der Waals surface area contributed by atoms with Crippen LogP contribution in [0.5, 0.6) is 0 Å². The quantitative estimate of drug-likeness (QED) is 0.675. The van der Waals surface area contributed by atoms with Gasteiger partial charge in [0.05, 0.1) is 5.69 Å². The molecular weight excluding hydrogens is 224 g/mol. The number of nitrogens with one attached hydrogen (secondary N) is 2. The zero-order chi connectivity index (χ0) is 12.6. The minimum absolute atomic E-state index is 0.585. The molecule has 0 saturated heterocycles. The minimum Gasteiger partial charge on any atom is -0.329 e. The molecule has 0 aromatic heterocycles. The zero-order valence-electron chi connectivity index (χ0n) is 10.9. The van der Waals surface area contributed by atoms with Crippen LogP contribution in [0.15, 0.2) is 30.3 Å². The standard InChI is InChI=1S/C14H24N4/c15-11-12-18(16-13-7-3-1-4-8-13)17-14-9-5-2-6-10-14/h1,3-4,7-8,14,16-17H,2,5-6,9-12,15H2. The van der Waals surface area contributed by atoms with Crippen molar-refractivity contribution in [3.05, 3.63) is 30.3 Å². The number of hydrogen-bond donors (Lipinski definition) is 3. The summed E-state index contributed by atoms with van der Waals surface area (Å²) in [7, 11) is 0. The molecule has 4 N–H and O–H groups in total. The van der Waals surface area contributed by atoms with E-state index in [1.165, 1.54) is 32.1 Å². The molecule has 0 radical (unpaired) electrons. The Morgan fingerprint density at radius 3 is 2.50 bits per heavy atom. The third kappa shape index (κ3) is 4.29. The molecule has 1 aliphatic rings. The van der Waals surface area contributed by atoms with Crippen LogP contribution in [0.4, 0.5) is 5.69 Å². The van der Waals surface area contributed by atoms with Crippen molar-refractivity contribution in [3.8, 4) is 0 Å². The molecule has 2 rings (SSSR count). The van der Waals surface area contributed by atoms with Gasteiger partial charge in [-0.3, -0.25) is 0 Å². The normalized spacial score (nSPS) is 17.0. The number of nitrogens with two attached hydrogens (primary N) is 1. The number of rotatable bonds is 6. The van der Waals surface area contributed by atoms with Gasteiger partial charge in [-0.05, 0) is 25.0 Å². The predicted molar refractivity (Wildman–Crippen MR) is 75.8 cm³/mol. The molecule has 1 fully saturated rings. The van der Waals surface area contributed by atoms with Crippen LogP contribution in [0.1, 0.15) is 32.1 Å². The topological polar surface area (TPSA) is 53.3 Å². The highest BCUT2D eigenvalue weighted by Gasteiger charge is 2.15. The lowest BCUT2D eigenvalue weighted by Crippen LogP contribution is -2.50. The summed E-state index contributed by atoms with van der Waals surface area (Å²) in [6.45, 7) is 1.44. The maximum Gasteiger partial charge on any atom is 0.0503 e. The summed E-state index contributed by atoms with van der Waals surface area (Å²) in [5, 5.41) is 2.03. The lowest BCUT2D eigenvalue weighted by molar-refractivity contribution is 0.175. The van der Waals surface area contributed by atoms with E-state index in [4.69, 9.17) is 5.73 Å². The van der Waals surface area contributed by atoms with E-state index < -0.39 is 0 Å². The SMILES string of the molecule is NCCN(Nc1ccccc1)NC1CCCCC1. The van der Waals surface area contributed by atoms with Gasteiger partial charge in [-0.15, -0.1) is 0 Å². The van der Waals surface area contributed by atoms with Crippen molar-refractivity contribution >= 4 is 5.69 Å². The Labute approximate surface area is 109 Å². The molecule has 0 atom stereocenters. The van der Waals surface area contributed by atoms with Crippen molar-refractivity contribution in [2.24, 2.45) is 5.73 Å². The van der Waals surface area contributed by atoms with Crippen molar-refractivity contribution in [1.29, 1.82) is 0 Å². The molecule has 4 nitrogen and oxygen atoms in total. The van der Waals surface area contributed by atoms with Crippen LogP contribution in [0.3, 0.4) is 0 Å². The Morgan fingerprint density at radius 2 is 1.83 bits per heavy atom. The first-order valence-corrected chi connectivity index (χ1v) is 6.94. The zero-order valence-corrected chi connectivity index (χ0v) is 10.9. The number of hydrazine groups is 2. The van der Waals surface area contributed by atoms with Gasteiger partial charge in [0, 0.05) is 19.1 Å². The van der Waals surface area contributed by atoms with E-state index in [2.05, 4.69) is 23.0 Å². The molecule has 1 aromatic carbocycles. The lowest BCUT2D eigenvalue weighted by atomic mass is 9.96. The van der Waals surface area contributed by atoms with E-state index in [0.717, 1.165) is 12.2 Å². The third-order valence-corrected chi connectivity index (χ3v) is 3.33. The molecule has 4 heteroatoms. The predicted octanol–water partition coefficient (Wildman–Crippen LogP) is 2.11. The molecular formula is C14H24N4. The second-order valence-corrected chi connectivity index (χ2v) is 4.88. The van der Waals surface area contributed by atoms with E-state index in [1.54, 1.807) is 0 Å². The summed E-state index contributed by atoms with van der Waals surface area (Å²) in [5.41, 5.74) is 13.7. The van der Waals surface area contributed by atoms with Crippen molar-refractivity contribution < 1.29 is 0 Å². The Kier molecular flexibility index (Phi) is 5.45. The molecule has 1 aromatic rings. The second kappa shape index (κ2) is 7.36. The summed E-state index contributed by atoms with van der Waals surface area (Å²) in [6.07, 6.45) is 6.56. The number of nitrogens with zero attached hydrogens (tertiary/aromatic N) is 1. The first-order chi connectivity index (χ1) is 8.88. The first-order valence-electron chi connectivity index (χ1n) is 6.94. The van der Waals surface area contributed by atoms with Gasteiger partial charge in [0.2, 0.25) is 0 Å². The number of anilines is 1. The molecule has 18 heavy (non-hydrogen) atoms. The van der Waals surface area contributed by atoms with Gasteiger partial charge in [0.25, 0.3) is 0 Å². The smallest absolute Gasteiger partial charge is 0.0503 e. The fraction of sp³-hybridized carbons (Fsp3) is 0.571. The van der Waals surface area contributed by atoms with Crippen molar-refractivity contribution in [3.63, 3.8) is 0 Å². The fourth-order valence-electron chi connectivity index (χ4n) is 2.40. The van der Waals surface area contributed by atoms with E-state index in [0.29, 0.717) is 12.6 Å². The molecule has 0 spiro atoms. The van der Waals surface area contributed by atoms with E-state index in [1.807, 2.05) is 23.3 Å². The number of para-hydroxylation sites is 1. The molecule has 0 bridgehead atoms. The second-order valence-electron chi connectivity index (χ2n) is 4.88. The van der Waals surface area contributed by atoms with Gasteiger partial charge >= 0.3 is 0 Å². The van der Waals surface area contributed by atoms with Gasteiger partial charge in [-0.2, -0.15) is 5.12 Å². The summed E-state index contributed by atoms with van der Waals surface area (Å²) in [4.78, 5) is 0. The highest BCUT2D eigenvalue weighted by molar-refractivity contribution is 5.41.